The third-order valence-corrected chi connectivity index (χ3v) is 6.88. The maximum absolute atomic E-state index is 13.2. The van der Waals surface area contributed by atoms with Gasteiger partial charge in [0, 0.05) is 44.4 Å². The number of carbonyl (C=O) groups is 2. The highest BCUT2D eigenvalue weighted by molar-refractivity contribution is 6.01. The van der Waals surface area contributed by atoms with Crippen molar-refractivity contribution in [3.8, 4) is 0 Å². The molecule has 3 aromatic rings. The number of aliphatic hydroxyl groups is 1. The van der Waals surface area contributed by atoms with Crippen molar-refractivity contribution in [2.45, 2.75) is 52.0 Å². The zero-order chi connectivity index (χ0) is 26.4. The van der Waals surface area contributed by atoms with E-state index in [-0.39, 0.29) is 43.2 Å². The number of fused-ring (bicyclic) bond motifs is 3. The first-order chi connectivity index (χ1) is 17.9. The topological polar surface area (TPSA) is 113 Å². The first-order valence-electron chi connectivity index (χ1n) is 12.8. The minimum atomic E-state index is -0.379. The fourth-order valence-corrected chi connectivity index (χ4v) is 4.59. The predicted octanol–water partition coefficient (Wildman–Crippen LogP) is 3.12. The Bertz CT molecular complexity index is 1210. The Morgan fingerprint density at radius 2 is 2.05 bits per heavy atom. The number of ether oxygens (including phenoxy) is 1. The minimum absolute atomic E-state index is 0.0196. The summed E-state index contributed by atoms with van der Waals surface area (Å²) in [7, 11) is 1.73. The van der Waals surface area contributed by atoms with E-state index in [0.29, 0.717) is 38.2 Å². The molecule has 0 spiro atoms. The van der Waals surface area contributed by atoms with Crippen molar-refractivity contribution >= 4 is 28.4 Å². The van der Waals surface area contributed by atoms with Gasteiger partial charge in [-0.15, -0.1) is 5.10 Å². The van der Waals surface area contributed by atoms with Gasteiger partial charge in [-0.25, -0.2) is 4.79 Å². The number of urea groups is 1. The van der Waals surface area contributed by atoms with Crippen molar-refractivity contribution in [1.82, 2.24) is 24.8 Å². The van der Waals surface area contributed by atoms with Crippen LogP contribution < -0.4 is 5.32 Å². The minimum Gasteiger partial charge on any atom is -0.394 e. The van der Waals surface area contributed by atoms with Gasteiger partial charge < -0.3 is 25.0 Å². The average molecular weight is 509 g/mol. The van der Waals surface area contributed by atoms with Gasteiger partial charge in [-0.1, -0.05) is 48.5 Å². The van der Waals surface area contributed by atoms with Gasteiger partial charge in [-0.05, 0) is 24.8 Å². The fourth-order valence-electron chi connectivity index (χ4n) is 4.59. The first-order valence-corrected chi connectivity index (χ1v) is 12.8. The molecule has 0 aliphatic carbocycles. The van der Waals surface area contributed by atoms with Crippen LogP contribution >= 0.6 is 0 Å². The molecule has 0 saturated heterocycles. The summed E-state index contributed by atoms with van der Waals surface area (Å²) in [6.07, 6.45) is 2.43. The second-order valence-corrected chi connectivity index (χ2v) is 9.82. The van der Waals surface area contributed by atoms with Crippen molar-refractivity contribution in [3.63, 3.8) is 0 Å². The molecule has 1 aliphatic rings. The average Bonchev–Trinajstić information content (AvgIpc) is 3.36. The Morgan fingerprint density at radius 3 is 2.86 bits per heavy atom. The smallest absolute Gasteiger partial charge is 0.321 e. The number of anilines is 1. The zero-order valence-electron chi connectivity index (χ0n) is 21.7. The number of benzene rings is 2. The number of aliphatic hydroxyl groups excluding tert-OH is 1. The van der Waals surface area contributed by atoms with Crippen LogP contribution in [-0.4, -0.2) is 80.7 Å². The van der Waals surface area contributed by atoms with Gasteiger partial charge in [0.05, 0.1) is 37.2 Å². The third-order valence-electron chi connectivity index (χ3n) is 6.88. The molecule has 2 bridgehead atoms. The van der Waals surface area contributed by atoms with Gasteiger partial charge in [0.25, 0.3) is 0 Å². The quantitative estimate of drug-likeness (QED) is 0.548. The van der Waals surface area contributed by atoms with E-state index >= 15 is 0 Å². The Balaban J connectivity index is 1.51. The fraction of sp³-hybridized carbons (Fsp3) is 0.481. The number of carbonyl (C=O) groups excluding carboxylic acids is 2. The molecule has 2 heterocycles. The van der Waals surface area contributed by atoms with Crippen molar-refractivity contribution in [3.05, 3.63) is 54.4 Å². The number of nitrogens with zero attached hydrogens (tertiary/aromatic N) is 5. The maximum atomic E-state index is 13.2. The van der Waals surface area contributed by atoms with E-state index in [4.69, 9.17) is 4.74 Å². The Kier molecular flexibility index (Phi) is 8.73. The third kappa shape index (κ3) is 6.64. The molecule has 0 unspecified atom stereocenters. The first kappa shape index (κ1) is 26.6. The molecule has 3 atom stereocenters. The van der Waals surface area contributed by atoms with Crippen LogP contribution in [0, 0.1) is 5.92 Å². The van der Waals surface area contributed by atoms with Crippen molar-refractivity contribution in [2.24, 2.45) is 5.92 Å². The summed E-state index contributed by atoms with van der Waals surface area (Å²) in [5, 5.41) is 23.1. The Morgan fingerprint density at radius 1 is 1.27 bits per heavy atom. The van der Waals surface area contributed by atoms with E-state index in [1.165, 1.54) is 0 Å². The van der Waals surface area contributed by atoms with Gasteiger partial charge in [-0.2, -0.15) is 0 Å². The molecular formula is C27H36N6O4. The lowest BCUT2D eigenvalue weighted by Crippen LogP contribution is -2.48. The lowest BCUT2D eigenvalue weighted by atomic mass is 10.0. The number of rotatable bonds is 5. The van der Waals surface area contributed by atoms with Crippen LogP contribution in [0.3, 0.4) is 0 Å². The lowest BCUT2D eigenvalue weighted by Gasteiger charge is -2.35. The van der Waals surface area contributed by atoms with Crippen LogP contribution in [0.1, 0.15) is 32.4 Å². The molecule has 1 aromatic heterocycles. The summed E-state index contributed by atoms with van der Waals surface area (Å²) in [4.78, 5) is 29.5. The molecule has 0 saturated carbocycles. The number of aryl methyl sites for hydroxylation is 1. The lowest BCUT2D eigenvalue weighted by molar-refractivity contribution is -0.136. The van der Waals surface area contributed by atoms with Crippen LogP contribution in [0.5, 0.6) is 0 Å². The predicted molar refractivity (Wildman–Crippen MR) is 141 cm³/mol. The summed E-state index contributed by atoms with van der Waals surface area (Å²) >= 11 is 0. The van der Waals surface area contributed by atoms with Crippen LogP contribution in [0.25, 0.3) is 10.8 Å². The Labute approximate surface area is 217 Å². The van der Waals surface area contributed by atoms with E-state index in [0.717, 1.165) is 16.5 Å². The van der Waals surface area contributed by atoms with E-state index in [9.17, 15) is 14.7 Å². The normalized spacial score (nSPS) is 20.0. The summed E-state index contributed by atoms with van der Waals surface area (Å²) in [5.74, 6) is -0.129. The highest BCUT2D eigenvalue weighted by Gasteiger charge is 2.29. The monoisotopic (exact) mass is 508 g/mol. The molecule has 2 N–H and O–H groups in total. The van der Waals surface area contributed by atoms with Crippen LogP contribution in [0.4, 0.5) is 10.5 Å². The van der Waals surface area contributed by atoms with Gasteiger partial charge in [-0.3, -0.25) is 9.48 Å². The zero-order valence-corrected chi connectivity index (χ0v) is 21.7. The van der Waals surface area contributed by atoms with E-state index in [2.05, 4.69) is 15.6 Å². The number of hydrogen-bond donors (Lipinski definition) is 2. The number of hydrogen-bond acceptors (Lipinski definition) is 6. The molecule has 10 heteroatoms. The van der Waals surface area contributed by atoms with Gasteiger partial charge in [0.1, 0.15) is 5.69 Å². The molecule has 2 aromatic carbocycles. The molecule has 3 amide bonds. The molecule has 0 radical (unpaired) electrons. The summed E-state index contributed by atoms with van der Waals surface area (Å²) in [6.45, 7) is 5.26. The molecule has 4 rings (SSSR count). The maximum Gasteiger partial charge on any atom is 0.321 e. The highest BCUT2D eigenvalue weighted by atomic mass is 16.5. The number of aromatic nitrogens is 3. The molecule has 198 valence electrons. The summed E-state index contributed by atoms with van der Waals surface area (Å²) in [6, 6.07) is 13.1. The second kappa shape index (κ2) is 12.2. The molecule has 0 fully saturated rings. The molecular weight excluding hydrogens is 472 g/mol. The van der Waals surface area contributed by atoms with E-state index < -0.39 is 0 Å². The van der Waals surface area contributed by atoms with E-state index in [1.807, 2.05) is 62.5 Å². The van der Waals surface area contributed by atoms with E-state index in [1.54, 1.807) is 21.5 Å². The molecule has 1 aliphatic heterocycles. The Hall–Kier alpha value is -3.50. The second-order valence-electron chi connectivity index (χ2n) is 9.82. The van der Waals surface area contributed by atoms with Crippen LogP contribution in [0.15, 0.2) is 48.7 Å². The number of likely N-dealkylation sites (N-methyl/N-ethyl adjacent to an activating group) is 1. The SMILES string of the molecule is C[C@H]1CN([C@@H](C)CO)C(=O)CCCn2cc(nn2)CO[C@@H]1CN(C)C(=O)Nc1cccc2ccccc12. The van der Waals surface area contributed by atoms with Crippen molar-refractivity contribution in [1.29, 1.82) is 0 Å². The van der Waals surface area contributed by atoms with Gasteiger partial charge in [0.2, 0.25) is 5.91 Å². The number of nitrogens with one attached hydrogen (secondary N) is 1. The van der Waals surface area contributed by atoms with Crippen LogP contribution in [-0.2, 0) is 22.7 Å². The molecule has 37 heavy (non-hydrogen) atoms. The van der Waals surface area contributed by atoms with Crippen molar-refractivity contribution in [2.75, 3.05) is 32.1 Å². The van der Waals surface area contributed by atoms with Gasteiger partial charge in [0.15, 0.2) is 0 Å². The standard InChI is InChI=1S/C27H36N6O4/c1-19-14-33(20(2)17-34)26(35)12-7-13-32-15-22(29-30-32)18-37-25(19)16-31(3)27(36)28-24-11-6-9-21-8-4-5-10-23(21)24/h4-6,8-11,15,19-20,25,34H,7,12-14,16-18H2,1-3H3,(H,28,36)/t19-,20-,25+/m0/s1. The van der Waals surface area contributed by atoms with Crippen molar-refractivity contribution < 1.29 is 19.4 Å². The molecule has 10 nitrogen and oxygen atoms in total. The summed E-state index contributed by atoms with van der Waals surface area (Å²) < 4.78 is 7.98. The highest BCUT2D eigenvalue weighted by Crippen LogP contribution is 2.24. The largest absolute Gasteiger partial charge is 0.394 e. The van der Waals surface area contributed by atoms with Crippen LogP contribution in [0.2, 0.25) is 0 Å². The van der Waals surface area contributed by atoms with Gasteiger partial charge >= 0.3 is 6.03 Å². The summed E-state index contributed by atoms with van der Waals surface area (Å²) in [5.41, 5.74) is 1.44. The number of amides is 3.